The van der Waals surface area contributed by atoms with Crippen molar-refractivity contribution < 1.29 is 0 Å². The molecule has 0 fully saturated rings. The van der Waals surface area contributed by atoms with Crippen molar-refractivity contribution in [2.45, 2.75) is 26.3 Å². The Morgan fingerprint density at radius 1 is 1.19 bits per heavy atom. The molecule has 2 aromatic rings. The Hall–Kier alpha value is -2.63. The molecule has 0 amide bonds. The first-order valence-electron chi connectivity index (χ1n) is 6.96. The number of nitrogens with one attached hydrogen (secondary N) is 1. The Balaban J connectivity index is 2.34. The van der Waals surface area contributed by atoms with Gasteiger partial charge in [0.2, 0.25) is 0 Å². The zero-order chi connectivity index (χ0) is 15.2. The predicted molar refractivity (Wildman–Crippen MR) is 79.7 cm³/mol. The second kappa shape index (κ2) is 6.69. The lowest BCUT2D eigenvalue weighted by Gasteiger charge is -2.16. The normalized spacial score (nSPS) is 11.6. The van der Waals surface area contributed by atoms with Crippen LogP contribution in [0.15, 0.2) is 30.6 Å². The number of nitriles is 2. The zero-order valence-electron chi connectivity index (χ0n) is 12.2. The second-order valence-electron chi connectivity index (χ2n) is 4.65. The molecule has 1 heterocycles. The molecule has 0 spiro atoms. The minimum atomic E-state index is 0.153. The van der Waals surface area contributed by atoms with Gasteiger partial charge in [0.05, 0.1) is 0 Å². The maximum Gasteiger partial charge on any atom is 0.177 e. The van der Waals surface area contributed by atoms with Gasteiger partial charge in [-0.05, 0) is 30.7 Å². The molecule has 2 rings (SSSR count). The lowest BCUT2D eigenvalue weighted by atomic mass is 10.0. The molecule has 0 aliphatic heterocycles. The van der Waals surface area contributed by atoms with Gasteiger partial charge in [-0.2, -0.15) is 10.5 Å². The van der Waals surface area contributed by atoms with Crippen molar-refractivity contribution in [2.75, 3.05) is 6.54 Å². The Kier molecular flexibility index (Phi) is 4.71. The molecular formula is C16H17N5. The summed E-state index contributed by atoms with van der Waals surface area (Å²) < 4.78 is 1.64. The molecule has 0 saturated carbocycles. The molecule has 0 aliphatic carbocycles. The van der Waals surface area contributed by atoms with Gasteiger partial charge < -0.3 is 5.32 Å². The molecule has 5 nitrogen and oxygen atoms in total. The number of rotatable bonds is 5. The number of aromatic nitrogens is 2. The molecular weight excluding hydrogens is 262 g/mol. The number of hydrogen-bond donors (Lipinski definition) is 1. The monoisotopic (exact) mass is 279 g/mol. The highest BCUT2D eigenvalue weighted by molar-refractivity contribution is 5.45. The van der Waals surface area contributed by atoms with E-state index in [1.807, 2.05) is 36.4 Å². The third-order valence-electron chi connectivity index (χ3n) is 3.41. The fourth-order valence-corrected chi connectivity index (χ4v) is 2.34. The van der Waals surface area contributed by atoms with Crippen molar-refractivity contribution in [1.29, 1.82) is 10.5 Å². The first-order chi connectivity index (χ1) is 10.2. The number of hydrogen-bond acceptors (Lipinski definition) is 4. The van der Waals surface area contributed by atoms with E-state index in [0.717, 1.165) is 18.7 Å². The Morgan fingerprint density at radius 3 is 2.43 bits per heavy atom. The summed E-state index contributed by atoms with van der Waals surface area (Å²) in [6, 6.07) is 12.3. The van der Waals surface area contributed by atoms with Gasteiger partial charge in [0.1, 0.15) is 18.5 Å². The van der Waals surface area contributed by atoms with E-state index in [1.54, 1.807) is 4.57 Å². The van der Waals surface area contributed by atoms with Crippen molar-refractivity contribution in [3.05, 3.63) is 47.5 Å². The summed E-state index contributed by atoms with van der Waals surface area (Å²) in [6.45, 7) is 5.15. The summed E-state index contributed by atoms with van der Waals surface area (Å²) in [6.07, 6.45) is 2.52. The van der Waals surface area contributed by atoms with Crippen LogP contribution in [0.2, 0.25) is 0 Å². The van der Waals surface area contributed by atoms with E-state index < -0.39 is 0 Å². The number of benzene rings is 1. The van der Waals surface area contributed by atoms with E-state index in [9.17, 15) is 0 Å². The van der Waals surface area contributed by atoms with Crippen LogP contribution in [0.3, 0.4) is 0 Å². The van der Waals surface area contributed by atoms with E-state index >= 15 is 0 Å². The van der Waals surface area contributed by atoms with Gasteiger partial charge in [0, 0.05) is 11.7 Å². The highest BCUT2D eigenvalue weighted by Gasteiger charge is 2.12. The maximum atomic E-state index is 9.16. The standard InChI is InChI=1S/C16H17N5/c1-3-14(19-4-2)12-5-7-13(8-6-12)21-11-20-15(9-17)16(21)10-18/h5-8,11,14,19H,3-4H2,1-2H3. The summed E-state index contributed by atoms with van der Waals surface area (Å²) >= 11 is 0. The van der Waals surface area contributed by atoms with Crippen LogP contribution >= 0.6 is 0 Å². The predicted octanol–water partition coefficient (Wildman–Crippen LogP) is 2.68. The van der Waals surface area contributed by atoms with Crippen LogP contribution in [0.4, 0.5) is 0 Å². The summed E-state index contributed by atoms with van der Waals surface area (Å²) in [5.74, 6) is 0. The van der Waals surface area contributed by atoms with Gasteiger partial charge in [-0.3, -0.25) is 4.57 Å². The second-order valence-corrected chi connectivity index (χ2v) is 4.65. The molecule has 0 saturated heterocycles. The van der Waals surface area contributed by atoms with Gasteiger partial charge in [0.25, 0.3) is 0 Å². The lowest BCUT2D eigenvalue weighted by Crippen LogP contribution is -2.19. The Bertz CT molecular complexity index is 685. The van der Waals surface area contributed by atoms with Gasteiger partial charge in [0.15, 0.2) is 11.4 Å². The molecule has 1 atom stereocenters. The summed E-state index contributed by atoms with van der Waals surface area (Å²) in [5.41, 5.74) is 2.46. The molecule has 106 valence electrons. The quantitative estimate of drug-likeness (QED) is 0.912. The molecule has 0 radical (unpaired) electrons. The molecule has 1 unspecified atom stereocenters. The van der Waals surface area contributed by atoms with Gasteiger partial charge in [-0.15, -0.1) is 0 Å². The van der Waals surface area contributed by atoms with Crippen LogP contribution < -0.4 is 5.32 Å². The molecule has 21 heavy (non-hydrogen) atoms. The van der Waals surface area contributed by atoms with E-state index in [0.29, 0.717) is 6.04 Å². The fourth-order valence-electron chi connectivity index (χ4n) is 2.34. The van der Waals surface area contributed by atoms with Crippen LogP contribution in [-0.2, 0) is 0 Å². The van der Waals surface area contributed by atoms with Crippen LogP contribution in [0.25, 0.3) is 5.69 Å². The molecule has 1 aromatic carbocycles. The molecule has 0 aliphatic rings. The van der Waals surface area contributed by atoms with E-state index in [-0.39, 0.29) is 11.4 Å². The van der Waals surface area contributed by atoms with Crippen LogP contribution in [-0.4, -0.2) is 16.1 Å². The molecule has 0 bridgehead atoms. The fraction of sp³-hybridized carbons (Fsp3) is 0.312. The van der Waals surface area contributed by atoms with Gasteiger partial charge in [-0.25, -0.2) is 4.98 Å². The van der Waals surface area contributed by atoms with Crippen molar-refractivity contribution in [3.63, 3.8) is 0 Å². The van der Waals surface area contributed by atoms with Crippen LogP contribution in [0, 0.1) is 22.7 Å². The highest BCUT2D eigenvalue weighted by atomic mass is 15.1. The lowest BCUT2D eigenvalue weighted by molar-refractivity contribution is 0.537. The SMILES string of the molecule is CCNC(CC)c1ccc(-n2cnc(C#N)c2C#N)cc1. The smallest absolute Gasteiger partial charge is 0.177 e. The maximum absolute atomic E-state index is 9.16. The average molecular weight is 279 g/mol. The largest absolute Gasteiger partial charge is 0.310 e. The third kappa shape index (κ3) is 2.94. The summed E-state index contributed by atoms with van der Waals surface area (Å²) in [7, 11) is 0. The van der Waals surface area contributed by atoms with Crippen molar-refractivity contribution in [2.24, 2.45) is 0 Å². The summed E-state index contributed by atoms with van der Waals surface area (Å²) in [4.78, 5) is 3.95. The van der Waals surface area contributed by atoms with E-state index in [4.69, 9.17) is 10.5 Å². The number of imidazole rings is 1. The van der Waals surface area contributed by atoms with Crippen LogP contribution in [0.1, 0.15) is 43.3 Å². The van der Waals surface area contributed by atoms with Crippen LogP contribution in [0.5, 0.6) is 0 Å². The Labute approximate surface area is 124 Å². The number of nitrogens with zero attached hydrogens (tertiary/aromatic N) is 4. The van der Waals surface area contributed by atoms with E-state index in [1.165, 1.54) is 11.9 Å². The first kappa shape index (κ1) is 14.8. The first-order valence-corrected chi connectivity index (χ1v) is 6.96. The summed E-state index contributed by atoms with van der Waals surface area (Å²) in [5, 5.41) is 21.5. The third-order valence-corrected chi connectivity index (χ3v) is 3.41. The topological polar surface area (TPSA) is 77.4 Å². The average Bonchev–Trinajstić information content (AvgIpc) is 2.95. The highest BCUT2D eigenvalue weighted by Crippen LogP contribution is 2.20. The molecule has 5 heteroatoms. The van der Waals surface area contributed by atoms with Crippen molar-refractivity contribution >= 4 is 0 Å². The van der Waals surface area contributed by atoms with Gasteiger partial charge >= 0.3 is 0 Å². The zero-order valence-corrected chi connectivity index (χ0v) is 12.2. The van der Waals surface area contributed by atoms with Crippen molar-refractivity contribution in [1.82, 2.24) is 14.9 Å². The van der Waals surface area contributed by atoms with Gasteiger partial charge in [-0.1, -0.05) is 26.0 Å². The Morgan fingerprint density at radius 2 is 1.90 bits per heavy atom. The van der Waals surface area contributed by atoms with Crippen molar-refractivity contribution in [3.8, 4) is 17.8 Å². The molecule has 1 aromatic heterocycles. The molecule has 1 N–H and O–H groups in total. The minimum absolute atomic E-state index is 0.153. The van der Waals surface area contributed by atoms with E-state index in [2.05, 4.69) is 24.1 Å². The minimum Gasteiger partial charge on any atom is -0.310 e.